The van der Waals surface area contributed by atoms with E-state index >= 15 is 0 Å². The van der Waals surface area contributed by atoms with Gasteiger partial charge in [0.05, 0.1) is 11.1 Å². The first kappa shape index (κ1) is 13.9. The van der Waals surface area contributed by atoms with E-state index in [-0.39, 0.29) is 12.1 Å². The van der Waals surface area contributed by atoms with Crippen molar-refractivity contribution in [1.29, 1.82) is 0 Å². The Morgan fingerprint density at radius 2 is 1.68 bits per heavy atom. The van der Waals surface area contributed by atoms with Gasteiger partial charge in [0.1, 0.15) is 11.9 Å². The van der Waals surface area contributed by atoms with Crippen molar-refractivity contribution in [1.82, 2.24) is 0 Å². The van der Waals surface area contributed by atoms with Gasteiger partial charge in [-0.2, -0.15) is 0 Å². The molecule has 0 aromatic heterocycles. The van der Waals surface area contributed by atoms with Crippen molar-refractivity contribution in [3.63, 3.8) is 0 Å². The molecule has 0 aliphatic carbocycles. The van der Waals surface area contributed by atoms with Gasteiger partial charge >= 0.3 is 0 Å². The summed E-state index contributed by atoms with van der Waals surface area (Å²) in [6.07, 6.45) is -0.150. The van der Waals surface area contributed by atoms with Crippen molar-refractivity contribution in [3.8, 4) is 5.75 Å². The summed E-state index contributed by atoms with van der Waals surface area (Å²) in [7, 11) is 0. The number of aryl methyl sites for hydroxylation is 1. The summed E-state index contributed by atoms with van der Waals surface area (Å²) in [5.41, 5.74) is 8.50. The summed E-state index contributed by atoms with van der Waals surface area (Å²) in [6.45, 7) is 4.01. The van der Waals surface area contributed by atoms with E-state index in [2.05, 4.69) is 19.1 Å². The molecule has 0 aliphatic heterocycles. The molecule has 19 heavy (non-hydrogen) atoms. The molecule has 0 spiro atoms. The normalized spacial score (nSPS) is 13.9. The van der Waals surface area contributed by atoms with Crippen molar-refractivity contribution < 1.29 is 4.74 Å². The van der Waals surface area contributed by atoms with Crippen molar-refractivity contribution >= 4 is 11.6 Å². The molecule has 100 valence electrons. The highest BCUT2D eigenvalue weighted by Gasteiger charge is 2.17. The first-order valence-corrected chi connectivity index (χ1v) is 6.69. The van der Waals surface area contributed by atoms with Crippen LogP contribution in [-0.2, 0) is 0 Å². The van der Waals surface area contributed by atoms with Crippen LogP contribution in [0.4, 0.5) is 0 Å². The summed E-state index contributed by atoms with van der Waals surface area (Å²) in [4.78, 5) is 0. The van der Waals surface area contributed by atoms with Crippen LogP contribution in [0.2, 0.25) is 5.02 Å². The molecule has 0 fully saturated rings. The summed E-state index contributed by atoms with van der Waals surface area (Å²) in [6, 6.07) is 15.4. The standard InChI is InChI=1S/C16H18ClNO/c1-11-7-9-13(10-8-11)16(18)12(2)19-15-6-4-3-5-14(15)17/h3-10,12,16H,18H2,1-2H3. The molecule has 0 amide bonds. The Bertz CT molecular complexity index is 539. The minimum absolute atomic E-state index is 0.150. The van der Waals surface area contributed by atoms with Crippen LogP contribution in [0, 0.1) is 6.92 Å². The van der Waals surface area contributed by atoms with Gasteiger partial charge in [0.2, 0.25) is 0 Å². The van der Waals surface area contributed by atoms with E-state index in [1.54, 1.807) is 6.07 Å². The lowest BCUT2D eigenvalue weighted by Crippen LogP contribution is -2.28. The number of hydrogen-bond donors (Lipinski definition) is 1. The predicted molar refractivity (Wildman–Crippen MR) is 79.6 cm³/mol. The number of para-hydroxylation sites is 1. The highest BCUT2D eigenvalue weighted by Crippen LogP contribution is 2.27. The molecule has 0 aliphatic rings. The highest BCUT2D eigenvalue weighted by molar-refractivity contribution is 6.32. The molecule has 0 bridgehead atoms. The van der Waals surface area contributed by atoms with E-state index in [0.717, 1.165) is 5.56 Å². The Morgan fingerprint density at radius 3 is 2.32 bits per heavy atom. The maximum atomic E-state index is 6.22. The fourth-order valence-corrected chi connectivity index (χ4v) is 2.05. The van der Waals surface area contributed by atoms with Gasteiger partial charge in [-0.15, -0.1) is 0 Å². The molecule has 3 heteroatoms. The quantitative estimate of drug-likeness (QED) is 0.911. The van der Waals surface area contributed by atoms with Crippen LogP contribution in [0.3, 0.4) is 0 Å². The van der Waals surface area contributed by atoms with E-state index in [9.17, 15) is 0 Å². The fraction of sp³-hybridized carbons (Fsp3) is 0.250. The molecular formula is C16H18ClNO. The molecule has 0 radical (unpaired) electrons. The van der Waals surface area contributed by atoms with Crippen LogP contribution in [0.15, 0.2) is 48.5 Å². The summed E-state index contributed by atoms with van der Waals surface area (Å²) in [5, 5.41) is 0.602. The SMILES string of the molecule is Cc1ccc(C(N)C(C)Oc2ccccc2Cl)cc1. The Hall–Kier alpha value is -1.51. The Balaban J connectivity index is 2.09. The molecule has 0 heterocycles. The van der Waals surface area contributed by atoms with Gasteiger partial charge in [-0.05, 0) is 31.5 Å². The lowest BCUT2D eigenvalue weighted by Gasteiger charge is -2.22. The zero-order valence-corrected chi connectivity index (χ0v) is 11.9. The van der Waals surface area contributed by atoms with E-state index in [1.165, 1.54) is 5.56 Å². The van der Waals surface area contributed by atoms with Gasteiger partial charge in [-0.25, -0.2) is 0 Å². The molecule has 2 aromatic rings. The van der Waals surface area contributed by atoms with Crippen LogP contribution in [-0.4, -0.2) is 6.10 Å². The molecule has 0 saturated heterocycles. The largest absolute Gasteiger partial charge is 0.487 e. The van der Waals surface area contributed by atoms with Gasteiger partial charge in [0.25, 0.3) is 0 Å². The van der Waals surface area contributed by atoms with E-state index in [4.69, 9.17) is 22.1 Å². The van der Waals surface area contributed by atoms with Crippen LogP contribution in [0.25, 0.3) is 0 Å². The zero-order chi connectivity index (χ0) is 13.8. The second kappa shape index (κ2) is 6.09. The third-order valence-corrected chi connectivity index (χ3v) is 3.43. The number of rotatable bonds is 4. The third kappa shape index (κ3) is 3.49. The number of hydrogen-bond acceptors (Lipinski definition) is 2. The Labute approximate surface area is 119 Å². The summed E-state index contributed by atoms with van der Waals surface area (Å²) in [5.74, 6) is 0.666. The molecule has 2 unspecified atom stereocenters. The monoisotopic (exact) mass is 275 g/mol. The summed E-state index contributed by atoms with van der Waals surface area (Å²) >= 11 is 6.07. The van der Waals surface area contributed by atoms with Crippen molar-refractivity contribution in [2.24, 2.45) is 5.73 Å². The number of nitrogens with two attached hydrogens (primary N) is 1. The molecule has 2 N–H and O–H groups in total. The topological polar surface area (TPSA) is 35.2 Å². The molecule has 2 aromatic carbocycles. The van der Waals surface area contributed by atoms with Crippen LogP contribution in [0.5, 0.6) is 5.75 Å². The summed E-state index contributed by atoms with van der Waals surface area (Å²) < 4.78 is 5.83. The average molecular weight is 276 g/mol. The van der Waals surface area contributed by atoms with Gasteiger partial charge in [0.15, 0.2) is 0 Å². The number of ether oxygens (including phenoxy) is 1. The molecular weight excluding hydrogens is 258 g/mol. The zero-order valence-electron chi connectivity index (χ0n) is 11.1. The lowest BCUT2D eigenvalue weighted by molar-refractivity contribution is 0.190. The van der Waals surface area contributed by atoms with Crippen molar-refractivity contribution in [2.75, 3.05) is 0 Å². The van der Waals surface area contributed by atoms with E-state index in [1.807, 2.05) is 37.3 Å². The number of halogens is 1. The van der Waals surface area contributed by atoms with Crippen LogP contribution in [0.1, 0.15) is 24.1 Å². The number of benzene rings is 2. The molecule has 2 rings (SSSR count). The lowest BCUT2D eigenvalue weighted by atomic mass is 10.0. The molecule has 2 atom stereocenters. The van der Waals surface area contributed by atoms with E-state index < -0.39 is 0 Å². The first-order valence-electron chi connectivity index (χ1n) is 6.31. The maximum Gasteiger partial charge on any atom is 0.138 e. The molecule has 2 nitrogen and oxygen atoms in total. The third-order valence-electron chi connectivity index (χ3n) is 3.12. The van der Waals surface area contributed by atoms with Crippen LogP contribution >= 0.6 is 11.6 Å². The highest BCUT2D eigenvalue weighted by atomic mass is 35.5. The smallest absolute Gasteiger partial charge is 0.138 e. The van der Waals surface area contributed by atoms with Gasteiger partial charge in [-0.3, -0.25) is 0 Å². The van der Waals surface area contributed by atoms with E-state index in [0.29, 0.717) is 10.8 Å². The second-order valence-corrected chi connectivity index (χ2v) is 5.10. The fourth-order valence-electron chi connectivity index (χ4n) is 1.87. The van der Waals surface area contributed by atoms with Gasteiger partial charge in [0, 0.05) is 0 Å². The second-order valence-electron chi connectivity index (χ2n) is 4.69. The predicted octanol–water partition coefficient (Wildman–Crippen LogP) is 4.12. The van der Waals surface area contributed by atoms with Gasteiger partial charge in [-0.1, -0.05) is 53.6 Å². The molecule has 0 saturated carbocycles. The Kier molecular flexibility index (Phi) is 4.46. The Morgan fingerprint density at radius 1 is 1.05 bits per heavy atom. The van der Waals surface area contributed by atoms with Gasteiger partial charge < -0.3 is 10.5 Å². The van der Waals surface area contributed by atoms with Crippen LogP contribution < -0.4 is 10.5 Å². The van der Waals surface area contributed by atoms with Crippen molar-refractivity contribution in [3.05, 3.63) is 64.7 Å². The minimum Gasteiger partial charge on any atom is -0.487 e. The minimum atomic E-state index is -0.183. The average Bonchev–Trinajstić information content (AvgIpc) is 2.41. The van der Waals surface area contributed by atoms with Crippen molar-refractivity contribution in [2.45, 2.75) is 26.0 Å². The first-order chi connectivity index (χ1) is 9.08. The maximum absolute atomic E-state index is 6.22.